The minimum absolute atomic E-state index is 0.107. The summed E-state index contributed by atoms with van der Waals surface area (Å²) in [4.78, 5) is 44.3. The van der Waals surface area contributed by atoms with E-state index in [4.69, 9.17) is 24.8 Å². The number of carbonyl (C=O) groups excluding carboxylic acids is 2. The molecular weight excluding hydrogens is 589 g/mol. The monoisotopic (exact) mass is 651 g/mol. The van der Waals surface area contributed by atoms with Crippen LogP contribution in [0.25, 0.3) is 0 Å². The molecule has 0 radical (unpaired) electrons. The predicted octanol–water partition coefficient (Wildman–Crippen LogP) is 7.61. The molecule has 0 aliphatic heterocycles. The van der Waals surface area contributed by atoms with Gasteiger partial charge in [0.1, 0.15) is 12.6 Å². The number of ether oxygens (including phenoxy) is 2. The van der Waals surface area contributed by atoms with E-state index < -0.39 is 51.1 Å². The molecule has 0 aromatic rings. The predicted molar refractivity (Wildman–Crippen MR) is 171 cm³/mol. The number of rotatable bonds is 32. The Hall–Kier alpha value is -1.52. The zero-order valence-electron chi connectivity index (χ0n) is 27.5. The quantitative estimate of drug-likeness (QED) is 0.0371. The molecule has 0 aliphatic rings. The maximum Gasteiger partial charge on any atom is 0.472 e. The summed E-state index contributed by atoms with van der Waals surface area (Å²) in [6.07, 6.45) is 24.5. The highest BCUT2D eigenvalue weighted by molar-refractivity contribution is 7.47. The molecule has 0 heterocycles. The average molecular weight is 652 g/mol. The van der Waals surface area contributed by atoms with Crippen molar-refractivity contribution in [2.45, 2.75) is 167 Å². The summed E-state index contributed by atoms with van der Waals surface area (Å²) in [6.45, 7) is 2.17. The van der Waals surface area contributed by atoms with Gasteiger partial charge in [0.2, 0.25) is 0 Å². The second-order valence-corrected chi connectivity index (χ2v) is 13.1. The summed E-state index contributed by atoms with van der Waals surface area (Å²) >= 11 is 0. The van der Waals surface area contributed by atoms with Crippen molar-refractivity contribution in [3.05, 3.63) is 0 Å². The lowest BCUT2D eigenvalue weighted by molar-refractivity contribution is -0.161. The van der Waals surface area contributed by atoms with Gasteiger partial charge >= 0.3 is 25.7 Å². The number of unbranched alkanes of at least 4 members (excludes halogenated alkanes) is 19. The first-order valence-corrected chi connectivity index (χ1v) is 18.6. The van der Waals surface area contributed by atoms with E-state index >= 15 is 0 Å². The van der Waals surface area contributed by atoms with Crippen LogP contribution in [0.2, 0.25) is 0 Å². The van der Waals surface area contributed by atoms with Gasteiger partial charge in [-0.15, -0.1) is 0 Å². The van der Waals surface area contributed by atoms with Gasteiger partial charge in [0.15, 0.2) is 6.10 Å². The van der Waals surface area contributed by atoms with Crippen molar-refractivity contribution >= 4 is 25.7 Å². The minimum atomic E-state index is -4.67. The largest absolute Gasteiger partial charge is 0.480 e. The lowest BCUT2D eigenvalue weighted by Gasteiger charge is -2.20. The standard InChI is InChI=1S/C32H62NO10P/c1-3-5-6-7-8-9-10-11-12-13-14-15-16-17-18-19-20-21-22-23-24-31(35)43-28(25-40-30(34)4-2)26-41-44(38,39)42-27-29(33)32(36)37/h28-29H,3-27,33H2,1-2H3,(H,36,37)(H,38,39). The molecule has 0 spiro atoms. The number of phosphoric acid groups is 1. The molecule has 0 amide bonds. The fraction of sp³-hybridized carbons (Fsp3) is 0.906. The number of phosphoric ester groups is 1. The lowest BCUT2D eigenvalue weighted by atomic mass is 10.0. The zero-order valence-corrected chi connectivity index (χ0v) is 28.4. The van der Waals surface area contributed by atoms with Crippen LogP contribution in [-0.2, 0) is 37.5 Å². The second kappa shape index (κ2) is 28.9. The zero-order chi connectivity index (χ0) is 32.9. The number of hydrogen-bond donors (Lipinski definition) is 3. The van der Waals surface area contributed by atoms with Gasteiger partial charge in [-0.25, -0.2) is 4.57 Å². The van der Waals surface area contributed by atoms with E-state index in [1.807, 2.05) is 0 Å². The molecular formula is C32H62NO10P. The van der Waals surface area contributed by atoms with Crippen LogP contribution in [0.1, 0.15) is 155 Å². The van der Waals surface area contributed by atoms with Gasteiger partial charge in [-0.1, -0.05) is 136 Å². The van der Waals surface area contributed by atoms with Crippen molar-refractivity contribution in [1.29, 1.82) is 0 Å². The Bertz CT molecular complexity index is 782. The Kier molecular flexibility index (Phi) is 27.9. The number of aliphatic carboxylic acids is 1. The van der Waals surface area contributed by atoms with Gasteiger partial charge in [-0.3, -0.25) is 23.4 Å². The van der Waals surface area contributed by atoms with Gasteiger partial charge < -0.3 is 25.2 Å². The molecule has 0 saturated heterocycles. The van der Waals surface area contributed by atoms with Gasteiger partial charge in [-0.05, 0) is 6.42 Å². The van der Waals surface area contributed by atoms with Crippen LogP contribution in [0.4, 0.5) is 0 Å². The molecule has 12 heteroatoms. The Balaban J connectivity index is 3.90. The highest BCUT2D eigenvalue weighted by Gasteiger charge is 2.28. The smallest absolute Gasteiger partial charge is 0.472 e. The molecule has 0 aromatic carbocycles. The summed E-state index contributed by atoms with van der Waals surface area (Å²) in [5, 5.41) is 8.75. The normalized spacial score (nSPS) is 14.1. The topological polar surface area (TPSA) is 172 Å². The van der Waals surface area contributed by atoms with Crippen LogP contribution in [-0.4, -0.2) is 59.9 Å². The SMILES string of the molecule is CCCCCCCCCCCCCCCCCCCCCCC(=O)OC(COC(=O)CC)COP(=O)(O)OCC(N)C(=O)O. The third-order valence-electron chi connectivity index (χ3n) is 7.41. The minimum Gasteiger partial charge on any atom is -0.480 e. The fourth-order valence-corrected chi connectivity index (χ4v) is 5.41. The number of carbonyl (C=O) groups is 3. The summed E-state index contributed by atoms with van der Waals surface area (Å²) in [7, 11) is -4.67. The molecule has 0 aromatic heterocycles. The third-order valence-corrected chi connectivity index (χ3v) is 8.36. The summed E-state index contributed by atoms with van der Waals surface area (Å²) in [5.41, 5.74) is 5.25. The Morgan fingerprint density at radius 3 is 1.45 bits per heavy atom. The maximum absolute atomic E-state index is 12.3. The van der Waals surface area contributed by atoms with E-state index in [0.717, 1.165) is 19.3 Å². The molecule has 0 saturated carbocycles. The molecule has 0 bridgehead atoms. The number of nitrogens with two attached hydrogens (primary N) is 1. The van der Waals surface area contributed by atoms with Crippen molar-refractivity contribution in [3.8, 4) is 0 Å². The van der Waals surface area contributed by atoms with Crippen molar-refractivity contribution in [2.24, 2.45) is 5.73 Å². The van der Waals surface area contributed by atoms with Gasteiger partial charge in [0.25, 0.3) is 0 Å². The van der Waals surface area contributed by atoms with Gasteiger partial charge in [-0.2, -0.15) is 0 Å². The molecule has 11 nitrogen and oxygen atoms in total. The van der Waals surface area contributed by atoms with Gasteiger partial charge in [0, 0.05) is 12.8 Å². The van der Waals surface area contributed by atoms with Crippen molar-refractivity contribution in [2.75, 3.05) is 19.8 Å². The number of carboxylic acid groups (broad SMARTS) is 1. The molecule has 4 N–H and O–H groups in total. The first-order chi connectivity index (χ1) is 21.1. The van der Waals surface area contributed by atoms with Crippen LogP contribution in [0.5, 0.6) is 0 Å². The van der Waals surface area contributed by atoms with E-state index in [1.165, 1.54) is 103 Å². The van der Waals surface area contributed by atoms with Crippen LogP contribution in [0, 0.1) is 0 Å². The molecule has 0 aliphatic carbocycles. The molecule has 0 rings (SSSR count). The first kappa shape index (κ1) is 42.5. The Morgan fingerprint density at radius 1 is 0.636 bits per heavy atom. The first-order valence-electron chi connectivity index (χ1n) is 17.1. The Labute approximate surface area is 265 Å². The van der Waals surface area contributed by atoms with Crippen LogP contribution in [0.15, 0.2) is 0 Å². The highest BCUT2D eigenvalue weighted by Crippen LogP contribution is 2.43. The number of esters is 2. The summed E-state index contributed by atoms with van der Waals surface area (Å²) < 4.78 is 31.7. The van der Waals surface area contributed by atoms with E-state index in [2.05, 4.69) is 11.4 Å². The second-order valence-electron chi connectivity index (χ2n) is 11.6. The van der Waals surface area contributed by atoms with Crippen LogP contribution < -0.4 is 5.73 Å². The highest BCUT2D eigenvalue weighted by atomic mass is 31.2. The summed E-state index contributed by atoms with van der Waals surface area (Å²) in [6, 6.07) is -1.51. The molecule has 3 atom stereocenters. The lowest BCUT2D eigenvalue weighted by Crippen LogP contribution is -2.34. The molecule has 0 fully saturated rings. The van der Waals surface area contributed by atoms with Gasteiger partial charge in [0.05, 0.1) is 13.2 Å². The van der Waals surface area contributed by atoms with Crippen LogP contribution in [0.3, 0.4) is 0 Å². The van der Waals surface area contributed by atoms with Crippen molar-refractivity contribution < 1.29 is 47.5 Å². The number of carboxylic acids is 1. The fourth-order valence-electron chi connectivity index (χ4n) is 4.63. The van der Waals surface area contributed by atoms with Crippen molar-refractivity contribution in [3.63, 3.8) is 0 Å². The van der Waals surface area contributed by atoms with E-state index in [1.54, 1.807) is 6.92 Å². The van der Waals surface area contributed by atoms with E-state index in [0.29, 0.717) is 6.42 Å². The van der Waals surface area contributed by atoms with Crippen LogP contribution >= 0.6 is 7.82 Å². The average Bonchev–Trinajstić information content (AvgIpc) is 2.99. The molecule has 44 heavy (non-hydrogen) atoms. The Morgan fingerprint density at radius 2 is 1.05 bits per heavy atom. The van der Waals surface area contributed by atoms with E-state index in [-0.39, 0.29) is 19.4 Å². The van der Waals surface area contributed by atoms with E-state index in [9.17, 15) is 23.8 Å². The molecule has 260 valence electrons. The van der Waals surface area contributed by atoms with Crippen molar-refractivity contribution in [1.82, 2.24) is 0 Å². The molecule has 3 unspecified atom stereocenters. The third kappa shape index (κ3) is 28.0. The maximum atomic E-state index is 12.3. The summed E-state index contributed by atoms with van der Waals surface area (Å²) in [5.74, 6) is -2.47. The number of hydrogen-bond acceptors (Lipinski definition) is 9.